The van der Waals surface area contributed by atoms with Gasteiger partial charge in [0.15, 0.2) is 0 Å². The van der Waals surface area contributed by atoms with E-state index in [1.54, 1.807) is 6.07 Å². The Balaban J connectivity index is 1.93. The van der Waals surface area contributed by atoms with Crippen LogP contribution < -0.4 is 0 Å². The molecule has 1 fully saturated rings. The van der Waals surface area contributed by atoms with Crippen LogP contribution in [0.2, 0.25) is 0 Å². The van der Waals surface area contributed by atoms with Gasteiger partial charge in [0, 0.05) is 0 Å². The Bertz CT molecular complexity index is 869. The summed E-state index contributed by atoms with van der Waals surface area (Å²) in [5.41, 5.74) is 2.52. The first-order valence-corrected chi connectivity index (χ1v) is 10.3. The second kappa shape index (κ2) is 8.81. The fourth-order valence-electron chi connectivity index (χ4n) is 4.01. The number of carbonyl (C=O) groups is 2. The van der Waals surface area contributed by atoms with Gasteiger partial charge in [-0.1, -0.05) is 61.4 Å². The molecule has 4 heteroatoms. The van der Waals surface area contributed by atoms with Crippen LogP contribution in [0.4, 0.5) is 0 Å². The molecule has 0 N–H and O–H groups in total. The van der Waals surface area contributed by atoms with Crippen molar-refractivity contribution in [3.8, 4) is 0 Å². The summed E-state index contributed by atoms with van der Waals surface area (Å²) in [5, 5.41) is 0. The third kappa shape index (κ3) is 4.52. The van der Waals surface area contributed by atoms with E-state index in [1.165, 1.54) is 0 Å². The van der Waals surface area contributed by atoms with Gasteiger partial charge in [0.25, 0.3) is 0 Å². The Kier molecular flexibility index (Phi) is 6.41. The molecule has 2 aromatic rings. The number of rotatable bonds is 6. The van der Waals surface area contributed by atoms with E-state index in [4.69, 9.17) is 9.47 Å². The van der Waals surface area contributed by atoms with E-state index < -0.39 is 17.5 Å². The fourth-order valence-corrected chi connectivity index (χ4v) is 4.01. The summed E-state index contributed by atoms with van der Waals surface area (Å²) >= 11 is 0. The Morgan fingerprint density at radius 1 is 1.07 bits per heavy atom. The molecular weight excluding hydrogens is 364 g/mol. The molecule has 4 nitrogen and oxygen atoms in total. The fraction of sp³-hybridized carbons (Fsp3) is 0.440. The van der Waals surface area contributed by atoms with Crippen molar-refractivity contribution in [1.29, 1.82) is 0 Å². The quantitative estimate of drug-likeness (QED) is 0.636. The molecule has 2 unspecified atom stereocenters. The summed E-state index contributed by atoms with van der Waals surface area (Å²) < 4.78 is 11.6. The first-order valence-electron chi connectivity index (χ1n) is 10.3. The van der Waals surface area contributed by atoms with Crippen molar-refractivity contribution < 1.29 is 19.1 Å². The zero-order valence-electron chi connectivity index (χ0n) is 17.7. The van der Waals surface area contributed by atoms with Crippen LogP contribution in [0.25, 0.3) is 0 Å². The van der Waals surface area contributed by atoms with Crippen LogP contribution in [0.5, 0.6) is 0 Å². The molecule has 0 spiro atoms. The topological polar surface area (TPSA) is 52.6 Å². The molecule has 0 heterocycles. The Morgan fingerprint density at radius 3 is 2.45 bits per heavy atom. The summed E-state index contributed by atoms with van der Waals surface area (Å²) in [6.45, 7) is 8.32. The van der Waals surface area contributed by atoms with E-state index in [9.17, 15) is 9.59 Å². The molecule has 1 aliphatic carbocycles. The summed E-state index contributed by atoms with van der Waals surface area (Å²) in [4.78, 5) is 26.2. The molecule has 1 saturated carbocycles. The average Bonchev–Trinajstić information content (AvgIpc) is 3.11. The summed E-state index contributed by atoms with van der Waals surface area (Å²) in [6, 6.07) is 15.2. The van der Waals surface area contributed by atoms with Gasteiger partial charge in [0.2, 0.25) is 0 Å². The lowest BCUT2D eigenvalue weighted by atomic mass is 9.76. The van der Waals surface area contributed by atoms with Gasteiger partial charge >= 0.3 is 11.9 Å². The predicted octanol–water partition coefficient (Wildman–Crippen LogP) is 5.15. The molecule has 3 rings (SSSR count). The molecule has 1 aliphatic rings. The van der Waals surface area contributed by atoms with E-state index in [0.29, 0.717) is 25.0 Å². The van der Waals surface area contributed by atoms with E-state index in [1.807, 2.05) is 70.2 Å². The van der Waals surface area contributed by atoms with E-state index >= 15 is 0 Å². The molecule has 0 saturated heterocycles. The Hall–Kier alpha value is -2.62. The van der Waals surface area contributed by atoms with Crippen LogP contribution in [-0.4, -0.2) is 24.6 Å². The highest BCUT2D eigenvalue weighted by atomic mass is 16.6. The van der Waals surface area contributed by atoms with Crippen LogP contribution in [-0.2, 0) is 19.7 Å². The molecule has 154 valence electrons. The maximum absolute atomic E-state index is 13.3. The van der Waals surface area contributed by atoms with E-state index in [0.717, 1.165) is 23.1 Å². The molecule has 0 aliphatic heterocycles. The molecule has 0 amide bonds. The number of ether oxygens (including phenoxy) is 2. The second-order valence-corrected chi connectivity index (χ2v) is 8.49. The van der Waals surface area contributed by atoms with Crippen LogP contribution in [0.15, 0.2) is 48.5 Å². The third-order valence-electron chi connectivity index (χ3n) is 5.57. The van der Waals surface area contributed by atoms with Gasteiger partial charge in [0.05, 0.1) is 12.2 Å². The predicted molar refractivity (Wildman–Crippen MR) is 113 cm³/mol. The van der Waals surface area contributed by atoms with Crippen molar-refractivity contribution in [3.63, 3.8) is 0 Å². The minimum Gasteiger partial charge on any atom is -0.465 e. The maximum atomic E-state index is 13.3. The van der Waals surface area contributed by atoms with Crippen LogP contribution >= 0.6 is 0 Å². The smallest absolute Gasteiger partial charge is 0.338 e. The Labute approximate surface area is 173 Å². The van der Waals surface area contributed by atoms with Crippen molar-refractivity contribution in [2.45, 2.75) is 58.5 Å². The highest BCUT2D eigenvalue weighted by molar-refractivity contribution is 5.91. The normalized spacial score (nSPS) is 21.2. The molecule has 29 heavy (non-hydrogen) atoms. The first-order chi connectivity index (χ1) is 13.8. The van der Waals surface area contributed by atoms with Crippen molar-refractivity contribution in [3.05, 3.63) is 70.8 Å². The van der Waals surface area contributed by atoms with Gasteiger partial charge in [-0.25, -0.2) is 4.79 Å². The van der Waals surface area contributed by atoms with E-state index in [-0.39, 0.29) is 11.9 Å². The highest BCUT2D eigenvalue weighted by Gasteiger charge is 2.54. The minimum atomic E-state index is -0.956. The molecular formula is C25H30O4. The first kappa shape index (κ1) is 21.1. The zero-order valence-corrected chi connectivity index (χ0v) is 17.7. The molecule has 2 aromatic carbocycles. The molecule has 0 aromatic heterocycles. The highest BCUT2D eigenvalue weighted by Crippen LogP contribution is 2.44. The summed E-state index contributed by atoms with van der Waals surface area (Å²) in [6.07, 6.45) is 1.51. The molecule has 0 bridgehead atoms. The van der Waals surface area contributed by atoms with Gasteiger partial charge < -0.3 is 9.47 Å². The minimum absolute atomic E-state index is 0.240. The largest absolute Gasteiger partial charge is 0.465 e. The lowest BCUT2D eigenvalue weighted by Gasteiger charge is -2.33. The van der Waals surface area contributed by atoms with Gasteiger partial charge in [-0.05, 0) is 56.7 Å². The van der Waals surface area contributed by atoms with Gasteiger partial charge in [-0.2, -0.15) is 0 Å². The number of benzene rings is 2. The molecule has 0 radical (unpaired) electrons. The van der Waals surface area contributed by atoms with Gasteiger partial charge in [-0.3, -0.25) is 4.79 Å². The maximum Gasteiger partial charge on any atom is 0.338 e. The van der Waals surface area contributed by atoms with Gasteiger partial charge in [-0.15, -0.1) is 0 Å². The van der Waals surface area contributed by atoms with Crippen LogP contribution in [0, 0.1) is 19.8 Å². The average molecular weight is 395 g/mol. The van der Waals surface area contributed by atoms with Crippen molar-refractivity contribution >= 4 is 11.9 Å². The summed E-state index contributed by atoms with van der Waals surface area (Å²) in [5.74, 6) is -0.452. The number of hydrogen-bond acceptors (Lipinski definition) is 4. The molecule has 2 atom stereocenters. The number of carbonyl (C=O) groups excluding carboxylic acids is 2. The number of hydrogen-bond donors (Lipinski definition) is 0. The second-order valence-electron chi connectivity index (χ2n) is 8.49. The van der Waals surface area contributed by atoms with Gasteiger partial charge in [0.1, 0.15) is 11.5 Å². The standard InChI is InChI=1S/C25H30O4/c1-17(2)16-28-24(27)25(21-12-10-18(3)11-13-21)14-6-9-22(25)29-23(26)20-8-5-7-19(4)15-20/h5,7-8,10-13,15,17,22H,6,9,14,16H2,1-4H3. The third-order valence-corrected chi connectivity index (χ3v) is 5.57. The number of esters is 2. The number of aryl methyl sites for hydroxylation is 2. The van der Waals surface area contributed by atoms with E-state index in [2.05, 4.69) is 0 Å². The lowest BCUT2D eigenvalue weighted by Crippen LogP contribution is -2.46. The van der Waals surface area contributed by atoms with Crippen molar-refractivity contribution in [2.24, 2.45) is 5.92 Å². The van der Waals surface area contributed by atoms with Crippen molar-refractivity contribution in [2.75, 3.05) is 6.61 Å². The van der Waals surface area contributed by atoms with Crippen molar-refractivity contribution in [1.82, 2.24) is 0 Å². The zero-order chi connectivity index (χ0) is 21.0. The lowest BCUT2D eigenvalue weighted by molar-refractivity contribution is -0.155. The SMILES string of the molecule is Cc1ccc(C2(C(=O)OCC(C)C)CCCC2OC(=O)c2cccc(C)c2)cc1. The summed E-state index contributed by atoms with van der Waals surface area (Å²) in [7, 11) is 0. The monoisotopic (exact) mass is 394 g/mol. The van der Waals surface area contributed by atoms with Crippen LogP contribution in [0.1, 0.15) is 60.2 Å². The Morgan fingerprint density at radius 2 is 1.79 bits per heavy atom. The van der Waals surface area contributed by atoms with Crippen LogP contribution in [0.3, 0.4) is 0 Å².